The van der Waals surface area contributed by atoms with Gasteiger partial charge >= 0.3 is 0 Å². The molecule has 0 unspecified atom stereocenters. The molecular weight excluding hydrogens is 307 g/mol. The monoisotopic (exact) mass is 318 g/mol. The number of imidazole rings is 1. The summed E-state index contributed by atoms with van der Waals surface area (Å²) in [6.45, 7) is -0.253. The highest BCUT2D eigenvalue weighted by atomic mass is 35.5. The smallest absolute Gasteiger partial charge is 0.166 e. The van der Waals surface area contributed by atoms with E-state index in [0.717, 1.165) is 11.0 Å². The summed E-state index contributed by atoms with van der Waals surface area (Å²) < 4.78 is 17.2. The Morgan fingerprint density at radius 2 is 2.00 bits per heavy atom. The fraction of sp³-hybridized carbons (Fsp3) is 0.417. The number of aliphatic hydroxyl groups excluding tert-OH is 1. The van der Waals surface area contributed by atoms with Crippen molar-refractivity contribution >= 4 is 34.8 Å². The second-order valence-electron chi connectivity index (χ2n) is 4.50. The summed E-state index contributed by atoms with van der Waals surface area (Å²) in [5.41, 5.74) is 1.68. The largest absolute Gasteiger partial charge is 0.394 e. The van der Waals surface area contributed by atoms with Crippen LogP contribution in [0.4, 0.5) is 0 Å². The average Bonchev–Trinajstić information content (AvgIpc) is 3.06. The van der Waals surface area contributed by atoms with Gasteiger partial charge in [-0.25, -0.2) is 4.98 Å². The molecule has 1 saturated heterocycles. The highest BCUT2D eigenvalue weighted by Gasteiger charge is 2.48. The molecule has 4 atom stereocenters. The van der Waals surface area contributed by atoms with E-state index in [4.69, 9.17) is 37.0 Å². The van der Waals surface area contributed by atoms with Crippen molar-refractivity contribution in [2.45, 2.75) is 24.5 Å². The quantitative estimate of drug-likeness (QED) is 0.934. The fourth-order valence-corrected chi connectivity index (χ4v) is 2.87. The van der Waals surface area contributed by atoms with Crippen molar-refractivity contribution in [2.75, 3.05) is 6.61 Å². The molecule has 108 valence electrons. The van der Waals surface area contributed by atoms with Crippen molar-refractivity contribution in [1.29, 1.82) is 0 Å². The van der Waals surface area contributed by atoms with Crippen LogP contribution in [0.2, 0.25) is 0 Å². The third kappa shape index (κ3) is 2.18. The van der Waals surface area contributed by atoms with E-state index in [1.165, 1.54) is 0 Å². The average molecular weight is 319 g/mol. The Kier molecular flexibility index (Phi) is 4.11. The van der Waals surface area contributed by atoms with Crippen LogP contribution in [0.3, 0.4) is 0 Å². The van der Waals surface area contributed by atoms with Crippen molar-refractivity contribution < 1.29 is 18.4 Å². The molecular formula is C12H12Cl2N2O4. The maximum Gasteiger partial charge on any atom is 0.166 e. The molecule has 0 aliphatic carbocycles. The van der Waals surface area contributed by atoms with E-state index >= 15 is 0 Å². The Bertz CT molecular complexity index is 594. The van der Waals surface area contributed by atoms with Crippen LogP contribution in [0.15, 0.2) is 30.6 Å². The van der Waals surface area contributed by atoms with Crippen LogP contribution in [0.1, 0.15) is 6.23 Å². The summed E-state index contributed by atoms with van der Waals surface area (Å²) in [7, 11) is 0. The van der Waals surface area contributed by atoms with E-state index < -0.39 is 24.5 Å². The molecule has 1 aromatic carbocycles. The number of benzene rings is 1. The first kappa shape index (κ1) is 14.1. The zero-order valence-corrected chi connectivity index (χ0v) is 11.7. The van der Waals surface area contributed by atoms with E-state index in [1.54, 1.807) is 10.9 Å². The van der Waals surface area contributed by atoms with Gasteiger partial charge in [-0.1, -0.05) is 12.1 Å². The maximum absolute atomic E-state index is 9.32. The van der Waals surface area contributed by atoms with Crippen LogP contribution in [0.25, 0.3) is 11.0 Å². The predicted molar refractivity (Wildman–Crippen MR) is 72.2 cm³/mol. The van der Waals surface area contributed by atoms with Crippen molar-refractivity contribution in [3.8, 4) is 0 Å². The number of aromatic nitrogens is 2. The highest BCUT2D eigenvalue weighted by Crippen LogP contribution is 2.36. The number of ether oxygens (including phenoxy) is 1. The molecule has 1 aliphatic heterocycles. The van der Waals surface area contributed by atoms with E-state index in [-0.39, 0.29) is 6.61 Å². The molecule has 1 fully saturated rings. The summed E-state index contributed by atoms with van der Waals surface area (Å²) in [5, 5.41) is 9.32. The Labute approximate surface area is 125 Å². The zero-order valence-electron chi connectivity index (χ0n) is 10.2. The molecule has 20 heavy (non-hydrogen) atoms. The molecule has 2 heterocycles. The summed E-state index contributed by atoms with van der Waals surface area (Å²) >= 11 is 11.0. The summed E-state index contributed by atoms with van der Waals surface area (Å²) in [5.74, 6) is 0. The first-order valence-electron chi connectivity index (χ1n) is 6.03. The third-order valence-corrected chi connectivity index (χ3v) is 3.84. The van der Waals surface area contributed by atoms with Crippen LogP contribution in [0, 0.1) is 0 Å². The standard InChI is InChI=1S/C12H12Cl2N2O4/c13-19-10-9(5-17)18-12(11(10)20-14)16-6-15-7-3-1-2-4-8(7)16/h1-4,6,9-12,17H,5H2/t9-,10-,11-,12-/m1/s1. The van der Waals surface area contributed by atoms with Crippen LogP contribution in [-0.2, 0) is 13.3 Å². The zero-order chi connectivity index (χ0) is 14.1. The minimum absolute atomic E-state index is 0.253. The van der Waals surface area contributed by atoms with Gasteiger partial charge in [0.05, 0.1) is 47.7 Å². The first-order valence-corrected chi connectivity index (χ1v) is 6.64. The van der Waals surface area contributed by atoms with Crippen molar-refractivity contribution in [3.63, 3.8) is 0 Å². The third-order valence-electron chi connectivity index (χ3n) is 3.43. The molecule has 3 rings (SSSR count). The lowest BCUT2D eigenvalue weighted by atomic mass is 10.1. The number of para-hydroxylation sites is 2. The summed E-state index contributed by atoms with van der Waals surface area (Å²) in [6.07, 6.45) is -0.916. The molecule has 0 spiro atoms. The molecule has 8 heteroatoms. The minimum Gasteiger partial charge on any atom is -0.394 e. The number of halogens is 2. The normalized spacial score (nSPS) is 30.1. The Morgan fingerprint density at radius 1 is 1.25 bits per heavy atom. The molecule has 1 aliphatic rings. The van der Waals surface area contributed by atoms with Crippen LogP contribution in [0.5, 0.6) is 0 Å². The van der Waals surface area contributed by atoms with Gasteiger partial charge in [-0.2, -0.15) is 0 Å². The van der Waals surface area contributed by atoms with E-state index in [1.807, 2.05) is 24.3 Å². The topological polar surface area (TPSA) is 65.7 Å². The molecule has 0 saturated carbocycles. The molecule has 1 N–H and O–H groups in total. The first-order chi connectivity index (χ1) is 9.80. The molecule has 0 amide bonds. The van der Waals surface area contributed by atoms with Gasteiger partial charge in [0.2, 0.25) is 0 Å². The second-order valence-corrected chi connectivity index (χ2v) is 4.85. The van der Waals surface area contributed by atoms with Gasteiger partial charge in [-0.05, 0) is 12.1 Å². The molecule has 6 nitrogen and oxygen atoms in total. The van der Waals surface area contributed by atoms with Gasteiger partial charge in [0.15, 0.2) is 12.3 Å². The lowest BCUT2D eigenvalue weighted by Crippen LogP contribution is -2.34. The van der Waals surface area contributed by atoms with Gasteiger partial charge in [0, 0.05) is 0 Å². The number of rotatable bonds is 4. The number of nitrogens with zero attached hydrogens (tertiary/aromatic N) is 2. The Hall–Kier alpha value is -0.890. The van der Waals surface area contributed by atoms with Gasteiger partial charge < -0.3 is 14.4 Å². The van der Waals surface area contributed by atoms with E-state index in [0.29, 0.717) is 0 Å². The number of hydrogen-bond acceptors (Lipinski definition) is 5. The summed E-state index contributed by atoms with van der Waals surface area (Å²) in [4.78, 5) is 4.28. The van der Waals surface area contributed by atoms with E-state index in [9.17, 15) is 5.11 Å². The fourth-order valence-electron chi connectivity index (χ4n) is 2.46. The second kappa shape index (κ2) is 5.85. The van der Waals surface area contributed by atoms with Gasteiger partial charge in [0.25, 0.3) is 0 Å². The predicted octanol–water partition coefficient (Wildman–Crippen LogP) is 2.00. The van der Waals surface area contributed by atoms with Crippen LogP contribution < -0.4 is 0 Å². The van der Waals surface area contributed by atoms with Crippen LogP contribution in [-0.4, -0.2) is 39.6 Å². The number of aliphatic hydroxyl groups is 1. The maximum atomic E-state index is 9.32. The molecule has 2 aromatic rings. The Balaban J connectivity index is 2.00. The molecule has 0 radical (unpaired) electrons. The summed E-state index contributed by atoms with van der Waals surface area (Å²) in [6, 6.07) is 7.58. The Morgan fingerprint density at radius 3 is 2.70 bits per heavy atom. The molecule has 1 aromatic heterocycles. The van der Waals surface area contributed by atoms with Crippen molar-refractivity contribution in [3.05, 3.63) is 30.6 Å². The number of fused-ring (bicyclic) bond motifs is 1. The molecule has 0 bridgehead atoms. The lowest BCUT2D eigenvalue weighted by Gasteiger charge is -2.19. The van der Waals surface area contributed by atoms with E-state index in [2.05, 4.69) is 4.98 Å². The van der Waals surface area contributed by atoms with Crippen molar-refractivity contribution in [1.82, 2.24) is 9.55 Å². The minimum atomic E-state index is -0.676. The van der Waals surface area contributed by atoms with Crippen molar-refractivity contribution in [2.24, 2.45) is 0 Å². The van der Waals surface area contributed by atoms with Gasteiger partial charge in [-0.3, -0.25) is 8.58 Å². The van der Waals surface area contributed by atoms with Gasteiger partial charge in [-0.15, -0.1) is 0 Å². The van der Waals surface area contributed by atoms with Gasteiger partial charge in [0.1, 0.15) is 12.2 Å². The lowest BCUT2D eigenvalue weighted by molar-refractivity contribution is -0.0462. The highest BCUT2D eigenvalue weighted by molar-refractivity contribution is 6.08. The van der Waals surface area contributed by atoms with Crippen LogP contribution >= 0.6 is 23.7 Å². The SMILES string of the molecule is OC[C@H]1O[C@@H](n2cnc3ccccc32)[C@H](OCl)[C@@H]1OCl. The number of hydrogen-bond donors (Lipinski definition) is 1.